The van der Waals surface area contributed by atoms with Crippen LogP contribution in [0.25, 0.3) is 0 Å². The number of halogens is 4. The number of nitrogens with two attached hydrogens (primary N) is 1. The fraction of sp³-hybridized carbons (Fsp3) is 0.571. The van der Waals surface area contributed by atoms with Gasteiger partial charge in [-0.2, -0.15) is 17.5 Å². The van der Waals surface area contributed by atoms with Crippen molar-refractivity contribution in [3.05, 3.63) is 29.6 Å². The molecule has 0 spiro atoms. The maximum Gasteiger partial charge on any atom is 0.419 e. The summed E-state index contributed by atoms with van der Waals surface area (Å²) in [5.41, 5.74) is 4.21. The number of rotatable bonds is 3. The molecule has 1 heterocycles. The number of nitrogens with zero attached hydrogens (tertiary/aromatic N) is 1. The molecule has 1 fully saturated rings. The summed E-state index contributed by atoms with van der Waals surface area (Å²) in [6.45, 7) is 2.13. The predicted molar refractivity (Wildman–Crippen MR) is 76.5 cm³/mol. The largest absolute Gasteiger partial charge is 0.419 e. The van der Waals surface area contributed by atoms with E-state index in [4.69, 9.17) is 5.73 Å². The van der Waals surface area contributed by atoms with E-state index in [1.54, 1.807) is 6.92 Å². The van der Waals surface area contributed by atoms with Crippen LogP contribution in [0, 0.1) is 11.7 Å². The minimum absolute atomic E-state index is 0.0546. The Morgan fingerprint density at radius 1 is 1.35 bits per heavy atom. The zero-order valence-electron chi connectivity index (χ0n) is 12.5. The van der Waals surface area contributed by atoms with Crippen LogP contribution in [0.1, 0.15) is 25.3 Å². The van der Waals surface area contributed by atoms with Crippen LogP contribution in [0.15, 0.2) is 23.1 Å². The second-order valence-electron chi connectivity index (χ2n) is 5.76. The number of hydrogen-bond acceptors (Lipinski definition) is 3. The number of hydrogen-bond donors (Lipinski definition) is 1. The van der Waals surface area contributed by atoms with Gasteiger partial charge in [-0.15, -0.1) is 0 Å². The highest BCUT2D eigenvalue weighted by atomic mass is 32.2. The minimum Gasteiger partial charge on any atom is -0.328 e. The Kier molecular flexibility index (Phi) is 5.03. The van der Waals surface area contributed by atoms with Crippen LogP contribution < -0.4 is 5.73 Å². The summed E-state index contributed by atoms with van der Waals surface area (Å²) >= 11 is 0. The Bertz CT molecular complexity index is 674. The van der Waals surface area contributed by atoms with Crippen molar-refractivity contribution in [3.8, 4) is 0 Å². The molecule has 0 aliphatic carbocycles. The van der Waals surface area contributed by atoms with E-state index >= 15 is 0 Å². The van der Waals surface area contributed by atoms with E-state index in [0.29, 0.717) is 18.6 Å². The van der Waals surface area contributed by atoms with Gasteiger partial charge in [-0.25, -0.2) is 12.8 Å². The summed E-state index contributed by atoms with van der Waals surface area (Å²) in [4.78, 5) is -0.559. The normalized spacial score (nSPS) is 22.1. The van der Waals surface area contributed by atoms with Crippen LogP contribution in [0.3, 0.4) is 0 Å². The molecule has 0 radical (unpaired) electrons. The van der Waals surface area contributed by atoms with Crippen LogP contribution in [0.5, 0.6) is 0 Å². The van der Waals surface area contributed by atoms with Gasteiger partial charge in [0.2, 0.25) is 10.0 Å². The van der Waals surface area contributed by atoms with Gasteiger partial charge < -0.3 is 5.73 Å². The first kappa shape index (κ1) is 18.2. The molecule has 1 aliphatic rings. The summed E-state index contributed by atoms with van der Waals surface area (Å²) in [7, 11) is -4.12. The number of alkyl halides is 3. The molecule has 4 nitrogen and oxygen atoms in total. The van der Waals surface area contributed by atoms with Gasteiger partial charge in [0.25, 0.3) is 0 Å². The average molecular weight is 354 g/mol. The van der Waals surface area contributed by atoms with E-state index in [-0.39, 0.29) is 25.0 Å². The molecule has 0 unspecified atom stereocenters. The average Bonchev–Trinajstić information content (AvgIpc) is 2.46. The van der Waals surface area contributed by atoms with Gasteiger partial charge in [0.15, 0.2) is 0 Å². The fourth-order valence-corrected chi connectivity index (χ4v) is 4.21. The lowest BCUT2D eigenvalue weighted by Gasteiger charge is -2.33. The number of sulfonamides is 1. The van der Waals surface area contributed by atoms with Crippen LogP contribution in [0.4, 0.5) is 17.6 Å². The molecule has 1 aliphatic heterocycles. The summed E-state index contributed by atoms with van der Waals surface area (Å²) < 4.78 is 77.8. The highest BCUT2D eigenvalue weighted by molar-refractivity contribution is 7.89. The zero-order valence-corrected chi connectivity index (χ0v) is 13.3. The summed E-state index contributed by atoms with van der Waals surface area (Å²) in [6.07, 6.45) is -3.61. The van der Waals surface area contributed by atoms with Crippen LogP contribution in [-0.4, -0.2) is 31.9 Å². The molecule has 0 saturated carbocycles. The molecular formula is C14H18F4N2O2S. The monoisotopic (exact) mass is 354 g/mol. The molecule has 23 heavy (non-hydrogen) atoms. The molecule has 1 aromatic rings. The first-order chi connectivity index (χ1) is 10.5. The Balaban J connectivity index is 2.36. The Hall–Kier alpha value is -1.19. The van der Waals surface area contributed by atoms with Crippen molar-refractivity contribution in [1.29, 1.82) is 0 Å². The van der Waals surface area contributed by atoms with Crippen molar-refractivity contribution in [3.63, 3.8) is 0 Å². The van der Waals surface area contributed by atoms with Crippen molar-refractivity contribution < 1.29 is 26.0 Å². The Morgan fingerprint density at radius 3 is 2.57 bits per heavy atom. The summed E-state index contributed by atoms with van der Waals surface area (Å²) in [5.74, 6) is -1.55. The molecule has 0 amide bonds. The first-order valence-electron chi connectivity index (χ1n) is 7.16. The van der Waals surface area contributed by atoms with Gasteiger partial charge in [-0.1, -0.05) is 0 Å². The first-order valence-corrected chi connectivity index (χ1v) is 8.60. The topological polar surface area (TPSA) is 63.4 Å². The maximum absolute atomic E-state index is 13.3. The molecule has 2 atom stereocenters. The van der Waals surface area contributed by atoms with Crippen molar-refractivity contribution in [1.82, 2.24) is 4.31 Å². The standard InChI is InChI=1S/C14H18F4N2O2S/c1-9(19)10-3-2-6-20(8-10)23(21,22)11-4-5-13(15)12(7-11)14(16,17)18/h4-5,7,9-10H,2-3,6,8,19H2,1H3/t9-,10+/m1/s1. The van der Waals surface area contributed by atoms with Gasteiger partial charge in [-0.05, 0) is 43.9 Å². The van der Waals surface area contributed by atoms with Gasteiger partial charge in [-0.3, -0.25) is 0 Å². The second-order valence-corrected chi connectivity index (χ2v) is 7.70. The Morgan fingerprint density at radius 2 is 2.00 bits per heavy atom. The number of piperidine rings is 1. The smallest absolute Gasteiger partial charge is 0.328 e. The molecular weight excluding hydrogens is 336 g/mol. The second kappa shape index (κ2) is 6.37. The fourth-order valence-electron chi connectivity index (χ4n) is 2.65. The highest BCUT2D eigenvalue weighted by Gasteiger charge is 2.37. The summed E-state index contributed by atoms with van der Waals surface area (Å²) in [5, 5.41) is 0. The van der Waals surface area contributed by atoms with E-state index in [2.05, 4.69) is 0 Å². The van der Waals surface area contributed by atoms with Crippen molar-refractivity contribution in [2.75, 3.05) is 13.1 Å². The molecule has 0 aromatic heterocycles. The van der Waals surface area contributed by atoms with Gasteiger partial charge in [0, 0.05) is 19.1 Å². The SMILES string of the molecule is C[C@@H](N)[C@H]1CCCN(S(=O)(=O)c2ccc(F)c(C(F)(F)F)c2)C1. The van der Waals surface area contributed by atoms with Gasteiger partial charge in [0.05, 0.1) is 10.5 Å². The molecule has 130 valence electrons. The van der Waals surface area contributed by atoms with Crippen LogP contribution in [-0.2, 0) is 16.2 Å². The van der Waals surface area contributed by atoms with Gasteiger partial charge in [0.1, 0.15) is 5.82 Å². The molecule has 1 aromatic carbocycles. The lowest BCUT2D eigenvalue weighted by molar-refractivity contribution is -0.140. The molecule has 2 rings (SSSR count). The quantitative estimate of drug-likeness (QED) is 0.849. The summed E-state index contributed by atoms with van der Waals surface area (Å²) in [6, 6.07) is 1.52. The van der Waals surface area contributed by atoms with Crippen LogP contribution in [0.2, 0.25) is 0 Å². The van der Waals surface area contributed by atoms with Crippen molar-refractivity contribution >= 4 is 10.0 Å². The predicted octanol–water partition coefficient (Wildman–Crippen LogP) is 2.59. The van der Waals surface area contributed by atoms with Gasteiger partial charge >= 0.3 is 6.18 Å². The third-order valence-electron chi connectivity index (χ3n) is 4.05. The van der Waals surface area contributed by atoms with E-state index in [0.717, 1.165) is 16.8 Å². The zero-order chi connectivity index (χ0) is 17.4. The molecule has 9 heteroatoms. The molecule has 1 saturated heterocycles. The third kappa shape index (κ3) is 3.84. The third-order valence-corrected chi connectivity index (χ3v) is 5.91. The lowest BCUT2D eigenvalue weighted by atomic mass is 9.93. The van der Waals surface area contributed by atoms with Crippen molar-refractivity contribution in [2.45, 2.75) is 36.9 Å². The van der Waals surface area contributed by atoms with E-state index in [1.165, 1.54) is 0 Å². The van der Waals surface area contributed by atoms with Crippen LogP contribution >= 0.6 is 0 Å². The maximum atomic E-state index is 13.3. The lowest BCUT2D eigenvalue weighted by Crippen LogP contribution is -2.45. The van der Waals surface area contributed by atoms with E-state index in [9.17, 15) is 26.0 Å². The molecule has 0 bridgehead atoms. The van der Waals surface area contributed by atoms with E-state index < -0.39 is 32.5 Å². The highest BCUT2D eigenvalue weighted by Crippen LogP contribution is 2.34. The molecule has 2 N–H and O–H groups in total. The van der Waals surface area contributed by atoms with Crippen molar-refractivity contribution in [2.24, 2.45) is 11.7 Å². The minimum atomic E-state index is -4.95. The number of benzene rings is 1. The van der Waals surface area contributed by atoms with E-state index in [1.807, 2.05) is 0 Å². The Labute approximate surface area is 132 Å².